The third-order valence-electron chi connectivity index (χ3n) is 3.59. The highest BCUT2D eigenvalue weighted by molar-refractivity contribution is 7.80. The van der Waals surface area contributed by atoms with Crippen LogP contribution in [0.15, 0.2) is 24.3 Å². The van der Waals surface area contributed by atoms with Crippen LogP contribution < -0.4 is 0 Å². The second kappa shape index (κ2) is 4.48. The lowest BCUT2D eigenvalue weighted by Crippen LogP contribution is -2.31. The maximum atomic E-state index is 9.93. The van der Waals surface area contributed by atoms with Crippen molar-refractivity contribution in [3.8, 4) is 5.75 Å². The number of phenols is 1. The van der Waals surface area contributed by atoms with Crippen molar-refractivity contribution in [3.05, 3.63) is 29.8 Å². The Morgan fingerprint density at radius 2 is 1.80 bits per heavy atom. The largest absolute Gasteiger partial charge is 0.508 e. The van der Waals surface area contributed by atoms with Crippen LogP contribution in [-0.4, -0.2) is 10.9 Å². The van der Waals surface area contributed by atoms with Crippen LogP contribution >= 0.6 is 12.6 Å². The molecule has 0 atom stereocenters. The van der Waals surface area contributed by atoms with Crippen LogP contribution in [0.4, 0.5) is 0 Å². The van der Waals surface area contributed by atoms with Gasteiger partial charge in [-0.05, 0) is 18.9 Å². The van der Waals surface area contributed by atoms with Gasteiger partial charge < -0.3 is 5.11 Å². The lowest BCUT2D eigenvalue weighted by molar-refractivity contribution is 0.314. The zero-order chi connectivity index (χ0) is 10.7. The third-order valence-corrected chi connectivity index (χ3v) is 4.19. The van der Waals surface area contributed by atoms with E-state index in [4.69, 9.17) is 0 Å². The van der Waals surface area contributed by atoms with Gasteiger partial charge in [0.1, 0.15) is 5.75 Å². The molecular weight excluding hydrogens is 204 g/mol. The maximum Gasteiger partial charge on any atom is 0.119 e. The fourth-order valence-corrected chi connectivity index (χ4v) is 3.15. The van der Waals surface area contributed by atoms with E-state index in [9.17, 15) is 5.11 Å². The predicted octanol–water partition coefficient (Wildman–Crippen LogP) is 3.52. The molecule has 0 aromatic heterocycles. The number of rotatable bonds is 2. The molecular formula is C13H18OS. The van der Waals surface area contributed by atoms with Gasteiger partial charge in [-0.2, -0.15) is 12.6 Å². The van der Waals surface area contributed by atoms with E-state index in [0.29, 0.717) is 5.75 Å². The Hall–Kier alpha value is -0.630. The Labute approximate surface area is 96.9 Å². The summed E-state index contributed by atoms with van der Waals surface area (Å²) < 4.78 is 0. The molecule has 0 unspecified atom stereocenters. The fourth-order valence-electron chi connectivity index (χ4n) is 2.66. The van der Waals surface area contributed by atoms with Crippen LogP contribution in [0.3, 0.4) is 0 Å². The fraction of sp³-hybridized carbons (Fsp3) is 0.538. The standard InChI is InChI=1S/C13H18OS/c14-12-7-3-2-6-11(12)13(10-15)8-4-1-5-9-13/h2-3,6-7,14-15H,1,4-5,8-10H2. The van der Waals surface area contributed by atoms with Gasteiger partial charge in [0.05, 0.1) is 0 Å². The van der Waals surface area contributed by atoms with E-state index in [0.717, 1.165) is 24.2 Å². The Kier molecular flexibility index (Phi) is 3.25. The Morgan fingerprint density at radius 1 is 1.13 bits per heavy atom. The van der Waals surface area contributed by atoms with Gasteiger partial charge in [-0.15, -0.1) is 0 Å². The summed E-state index contributed by atoms with van der Waals surface area (Å²) >= 11 is 4.50. The van der Waals surface area contributed by atoms with Gasteiger partial charge >= 0.3 is 0 Å². The minimum Gasteiger partial charge on any atom is -0.508 e. The molecule has 82 valence electrons. The van der Waals surface area contributed by atoms with Crippen LogP contribution in [-0.2, 0) is 5.41 Å². The molecule has 0 radical (unpaired) electrons. The van der Waals surface area contributed by atoms with Crippen LogP contribution in [0.5, 0.6) is 5.75 Å². The Bertz CT molecular complexity index is 329. The zero-order valence-corrected chi connectivity index (χ0v) is 9.84. The van der Waals surface area contributed by atoms with Crippen molar-refractivity contribution in [2.75, 3.05) is 5.75 Å². The van der Waals surface area contributed by atoms with Gasteiger partial charge in [0.2, 0.25) is 0 Å². The SMILES string of the molecule is Oc1ccccc1C1(CS)CCCCC1. The molecule has 2 heteroatoms. The molecule has 1 nitrogen and oxygen atoms in total. The zero-order valence-electron chi connectivity index (χ0n) is 8.95. The van der Waals surface area contributed by atoms with Crippen LogP contribution in [0, 0.1) is 0 Å². The predicted molar refractivity (Wildman–Crippen MR) is 66.7 cm³/mol. The van der Waals surface area contributed by atoms with Crippen molar-refractivity contribution in [1.29, 1.82) is 0 Å². The van der Waals surface area contributed by atoms with Crippen LogP contribution in [0.2, 0.25) is 0 Å². The molecule has 1 aliphatic carbocycles. The highest BCUT2D eigenvalue weighted by atomic mass is 32.1. The monoisotopic (exact) mass is 222 g/mol. The lowest BCUT2D eigenvalue weighted by atomic mass is 9.70. The molecule has 0 bridgehead atoms. The highest BCUT2D eigenvalue weighted by Crippen LogP contribution is 2.43. The molecule has 0 heterocycles. The molecule has 0 amide bonds. The second-order valence-corrected chi connectivity index (χ2v) is 4.83. The molecule has 1 aromatic rings. The molecule has 0 aliphatic heterocycles. The first-order chi connectivity index (χ1) is 7.28. The molecule has 0 spiro atoms. The topological polar surface area (TPSA) is 20.2 Å². The molecule has 1 aliphatic rings. The number of hydrogen-bond donors (Lipinski definition) is 2. The van der Waals surface area contributed by atoms with E-state index in [1.54, 1.807) is 6.07 Å². The van der Waals surface area contributed by atoms with Gasteiger partial charge in [-0.25, -0.2) is 0 Å². The van der Waals surface area contributed by atoms with Gasteiger partial charge in [0, 0.05) is 16.7 Å². The second-order valence-electron chi connectivity index (χ2n) is 4.52. The molecule has 1 fully saturated rings. The number of thiol groups is 1. The summed E-state index contributed by atoms with van der Waals surface area (Å²) in [6.07, 6.45) is 6.16. The van der Waals surface area contributed by atoms with E-state index < -0.39 is 0 Å². The average Bonchev–Trinajstić information content (AvgIpc) is 2.30. The van der Waals surface area contributed by atoms with Crippen molar-refractivity contribution in [3.63, 3.8) is 0 Å². The Balaban J connectivity index is 2.36. The summed E-state index contributed by atoms with van der Waals surface area (Å²) in [5.41, 5.74) is 1.21. The van der Waals surface area contributed by atoms with Gasteiger partial charge in [-0.3, -0.25) is 0 Å². The highest BCUT2D eigenvalue weighted by Gasteiger charge is 2.34. The first kappa shape index (κ1) is 10.9. The van der Waals surface area contributed by atoms with Crippen molar-refractivity contribution in [2.45, 2.75) is 37.5 Å². The summed E-state index contributed by atoms with van der Waals surface area (Å²) in [4.78, 5) is 0. The van der Waals surface area contributed by atoms with Gasteiger partial charge in [0.25, 0.3) is 0 Å². The van der Waals surface area contributed by atoms with Crippen molar-refractivity contribution >= 4 is 12.6 Å². The van der Waals surface area contributed by atoms with Crippen LogP contribution in [0.25, 0.3) is 0 Å². The summed E-state index contributed by atoms with van der Waals surface area (Å²) in [6.45, 7) is 0. The first-order valence-corrected chi connectivity index (χ1v) is 6.31. The van der Waals surface area contributed by atoms with Gasteiger partial charge in [-0.1, -0.05) is 37.5 Å². The average molecular weight is 222 g/mol. The summed E-state index contributed by atoms with van der Waals surface area (Å²) in [5, 5.41) is 9.93. The van der Waals surface area contributed by atoms with Gasteiger partial charge in [0.15, 0.2) is 0 Å². The molecule has 0 saturated heterocycles. The molecule has 1 saturated carbocycles. The van der Waals surface area contributed by atoms with E-state index in [2.05, 4.69) is 18.7 Å². The quantitative estimate of drug-likeness (QED) is 0.734. The first-order valence-electron chi connectivity index (χ1n) is 5.68. The number of hydrogen-bond acceptors (Lipinski definition) is 2. The molecule has 2 rings (SSSR count). The number of benzene rings is 1. The van der Waals surface area contributed by atoms with Crippen LogP contribution in [0.1, 0.15) is 37.7 Å². The number of phenolic OH excluding ortho intramolecular Hbond substituents is 1. The molecule has 15 heavy (non-hydrogen) atoms. The Morgan fingerprint density at radius 3 is 2.40 bits per heavy atom. The molecule has 1 N–H and O–H groups in total. The van der Waals surface area contributed by atoms with Crippen molar-refractivity contribution in [1.82, 2.24) is 0 Å². The summed E-state index contributed by atoms with van der Waals surface area (Å²) in [5.74, 6) is 1.28. The minimum absolute atomic E-state index is 0.118. The lowest BCUT2D eigenvalue weighted by Gasteiger charge is -2.36. The van der Waals surface area contributed by atoms with E-state index in [1.807, 2.05) is 12.1 Å². The number of para-hydroxylation sites is 1. The normalized spacial score (nSPS) is 20.1. The minimum atomic E-state index is 0.118. The molecule has 1 aromatic carbocycles. The maximum absolute atomic E-state index is 9.93. The number of aromatic hydroxyl groups is 1. The van der Waals surface area contributed by atoms with E-state index in [1.165, 1.54) is 19.3 Å². The van der Waals surface area contributed by atoms with E-state index >= 15 is 0 Å². The smallest absolute Gasteiger partial charge is 0.119 e. The third kappa shape index (κ3) is 2.00. The summed E-state index contributed by atoms with van der Waals surface area (Å²) in [6, 6.07) is 7.73. The van der Waals surface area contributed by atoms with E-state index in [-0.39, 0.29) is 5.41 Å². The van der Waals surface area contributed by atoms with Crippen molar-refractivity contribution < 1.29 is 5.11 Å². The summed E-state index contributed by atoms with van der Waals surface area (Å²) in [7, 11) is 0. The van der Waals surface area contributed by atoms with Crippen molar-refractivity contribution in [2.24, 2.45) is 0 Å².